The third-order valence-corrected chi connectivity index (χ3v) is 6.74. The molecule has 4 aromatic carbocycles. The Morgan fingerprint density at radius 2 is 1.02 bits per heavy atom. The summed E-state index contributed by atoms with van der Waals surface area (Å²) in [4.78, 5) is 57.7. The van der Waals surface area contributed by atoms with Gasteiger partial charge in [0.1, 0.15) is 0 Å². The van der Waals surface area contributed by atoms with Gasteiger partial charge < -0.3 is 15.5 Å². The van der Waals surface area contributed by atoms with Gasteiger partial charge in [0.2, 0.25) is 0 Å². The van der Waals surface area contributed by atoms with E-state index in [4.69, 9.17) is 10.2 Å². The Morgan fingerprint density at radius 3 is 1.45 bits per heavy atom. The first-order valence-electron chi connectivity index (χ1n) is 14.2. The first-order valence-corrected chi connectivity index (χ1v) is 14.2. The lowest BCUT2D eigenvalue weighted by Gasteiger charge is -2.16. The van der Waals surface area contributed by atoms with E-state index < -0.39 is 11.9 Å². The molecule has 0 radical (unpaired) electrons. The summed E-state index contributed by atoms with van der Waals surface area (Å²) < 4.78 is 0. The van der Waals surface area contributed by atoms with Crippen LogP contribution in [0.2, 0.25) is 0 Å². The van der Waals surface area contributed by atoms with Crippen LogP contribution >= 0.6 is 0 Å². The molecule has 0 fully saturated rings. The van der Waals surface area contributed by atoms with Gasteiger partial charge >= 0.3 is 18.0 Å². The molecule has 0 unspecified atom stereocenters. The van der Waals surface area contributed by atoms with Crippen molar-refractivity contribution in [2.75, 3.05) is 7.05 Å². The number of urea groups is 1. The molecule has 0 aliphatic heterocycles. The van der Waals surface area contributed by atoms with Crippen molar-refractivity contribution in [2.24, 2.45) is 5.10 Å². The minimum atomic E-state index is -1.06. The van der Waals surface area contributed by atoms with Gasteiger partial charge in [-0.2, -0.15) is 5.10 Å². The fourth-order valence-electron chi connectivity index (χ4n) is 4.03. The van der Waals surface area contributed by atoms with Crippen molar-refractivity contribution in [1.82, 2.24) is 10.3 Å². The van der Waals surface area contributed by atoms with Crippen molar-refractivity contribution in [1.29, 1.82) is 0 Å². The molecule has 3 N–H and O–H groups in total. The summed E-state index contributed by atoms with van der Waals surface area (Å²) in [6.45, 7) is 7.65. The summed E-state index contributed by atoms with van der Waals surface area (Å²) >= 11 is 0. The third-order valence-electron chi connectivity index (χ3n) is 6.74. The Bertz CT molecular complexity index is 1780. The molecule has 238 valence electrons. The molecule has 0 heterocycles. The Morgan fingerprint density at radius 1 is 0.638 bits per heavy atom. The number of Topliss-reactive ketones (excluding diaryl/α,β-unsaturated/α-hetero) is 2. The van der Waals surface area contributed by atoms with Crippen LogP contribution in [0.25, 0.3) is 12.2 Å². The van der Waals surface area contributed by atoms with Gasteiger partial charge in [-0.15, -0.1) is 0 Å². The number of benzene rings is 4. The van der Waals surface area contributed by atoms with Crippen LogP contribution in [-0.4, -0.2) is 58.0 Å². The number of amides is 2. The highest BCUT2D eigenvalue weighted by Gasteiger charge is 2.15. The van der Waals surface area contributed by atoms with E-state index >= 15 is 0 Å². The molecule has 0 spiro atoms. The second-order valence-electron chi connectivity index (χ2n) is 9.96. The molecule has 47 heavy (non-hydrogen) atoms. The fraction of sp³-hybridized carbons (Fsp3) is 0.0811. The molecular formula is C37H33N3O7. The minimum absolute atomic E-state index is 0.0999. The largest absolute Gasteiger partial charge is 0.478 e. The molecule has 4 rings (SSSR count). The number of carboxylic acids is 2. The van der Waals surface area contributed by atoms with Crippen LogP contribution in [0.3, 0.4) is 0 Å². The number of carbonyl (C=O) groups is 5. The summed E-state index contributed by atoms with van der Waals surface area (Å²) in [6.07, 6.45) is 4.68. The van der Waals surface area contributed by atoms with Crippen LogP contribution in [0.4, 0.5) is 4.79 Å². The van der Waals surface area contributed by atoms with Crippen LogP contribution in [-0.2, 0) is 6.54 Å². The van der Waals surface area contributed by atoms with Gasteiger partial charge in [-0.3, -0.25) is 9.59 Å². The van der Waals surface area contributed by atoms with Gasteiger partial charge in [-0.25, -0.2) is 19.4 Å². The maximum atomic E-state index is 12.1. The second kappa shape index (κ2) is 17.2. The van der Waals surface area contributed by atoms with Crippen LogP contribution in [0.5, 0.6) is 0 Å². The fourth-order valence-corrected chi connectivity index (χ4v) is 4.03. The summed E-state index contributed by atoms with van der Waals surface area (Å²) in [5, 5.41) is 25.8. The second-order valence-corrected chi connectivity index (χ2v) is 9.96. The van der Waals surface area contributed by atoms with Crippen molar-refractivity contribution >= 4 is 47.9 Å². The number of nitrogens with one attached hydrogen (secondary N) is 1. The smallest absolute Gasteiger partial charge is 0.337 e. The van der Waals surface area contributed by atoms with E-state index in [9.17, 15) is 24.0 Å². The number of hydrazone groups is 1. The van der Waals surface area contributed by atoms with E-state index in [0.717, 1.165) is 16.7 Å². The number of aromatic carboxylic acids is 2. The maximum Gasteiger partial charge on any atom is 0.337 e. The van der Waals surface area contributed by atoms with Gasteiger partial charge in [0, 0.05) is 18.2 Å². The topological polar surface area (TPSA) is 153 Å². The number of carboxylic acid groups (broad SMARTS) is 2. The maximum absolute atomic E-state index is 12.1. The van der Waals surface area contributed by atoms with E-state index in [1.807, 2.05) is 24.3 Å². The number of carbonyl (C=O) groups excluding carboxylic acids is 3. The lowest BCUT2D eigenvalue weighted by atomic mass is 10.00. The predicted octanol–water partition coefficient (Wildman–Crippen LogP) is 6.69. The summed E-state index contributed by atoms with van der Waals surface area (Å²) in [6, 6.07) is 25.9. The quantitative estimate of drug-likeness (QED) is 0.0682. The van der Waals surface area contributed by atoms with Gasteiger partial charge in [-0.05, 0) is 46.5 Å². The van der Waals surface area contributed by atoms with Crippen molar-refractivity contribution in [3.8, 4) is 0 Å². The zero-order valence-electron chi connectivity index (χ0n) is 25.6. The van der Waals surface area contributed by atoms with Crippen molar-refractivity contribution in [2.45, 2.75) is 13.0 Å². The first kappa shape index (κ1) is 35.1. The molecule has 0 aliphatic carbocycles. The zero-order valence-corrected chi connectivity index (χ0v) is 25.6. The normalized spacial score (nSPS) is 10.2. The Labute approximate surface area is 272 Å². The number of ketones is 2. The van der Waals surface area contributed by atoms with Crippen LogP contribution < -0.4 is 5.32 Å². The van der Waals surface area contributed by atoms with Gasteiger partial charge in [0.15, 0.2) is 11.6 Å². The third kappa shape index (κ3) is 10.6. The molecule has 0 atom stereocenters. The van der Waals surface area contributed by atoms with Crippen LogP contribution in [0, 0.1) is 0 Å². The SMILES string of the molecule is C=Cc1ccc(C(=O)CC(=O)c2ccc(C(=O)O)cc2)cc1.C=Cc1ccc(CN(N=Cc2ccc(C(=O)O)cc2)C(=O)NC)cc1. The van der Waals surface area contributed by atoms with Gasteiger partial charge in [0.25, 0.3) is 0 Å². The van der Waals surface area contributed by atoms with E-state index in [0.29, 0.717) is 23.2 Å². The highest BCUT2D eigenvalue weighted by Crippen LogP contribution is 2.13. The average Bonchev–Trinajstić information content (AvgIpc) is 3.10. The molecule has 0 saturated heterocycles. The number of hydrogen-bond acceptors (Lipinski definition) is 6. The standard InChI is InChI=1S/C19H19N3O3.C18H14O4/c1-3-14-4-6-16(7-5-14)13-22(19(25)20-2)21-12-15-8-10-17(11-9-15)18(23)24;1-2-12-3-5-13(6-4-12)16(19)11-17(20)14-7-9-15(10-8-14)18(21)22/h3-12H,1,13H2,2H3,(H,20,25)(H,23,24);2-10H,1,11H2,(H,21,22). The summed E-state index contributed by atoms with van der Waals surface area (Å²) in [5.74, 6) is -2.66. The van der Waals surface area contributed by atoms with Crippen molar-refractivity contribution in [3.63, 3.8) is 0 Å². The Kier molecular flexibility index (Phi) is 12.8. The molecule has 0 aliphatic rings. The molecule has 2 amide bonds. The first-order chi connectivity index (χ1) is 22.5. The van der Waals surface area contributed by atoms with E-state index in [2.05, 4.69) is 23.6 Å². The van der Waals surface area contributed by atoms with E-state index in [-0.39, 0.29) is 35.1 Å². The Hall–Kier alpha value is -6.42. The van der Waals surface area contributed by atoms with E-state index in [1.54, 1.807) is 48.6 Å². The molecular weight excluding hydrogens is 598 g/mol. The van der Waals surface area contributed by atoms with Gasteiger partial charge in [0.05, 0.1) is 30.3 Å². The number of nitrogens with zero attached hydrogens (tertiary/aromatic N) is 2. The van der Waals surface area contributed by atoms with Crippen LogP contribution in [0.1, 0.15) is 70.1 Å². The lowest BCUT2D eigenvalue weighted by molar-refractivity contribution is 0.0686. The summed E-state index contributed by atoms with van der Waals surface area (Å²) in [7, 11) is 1.54. The van der Waals surface area contributed by atoms with Crippen molar-refractivity contribution < 1.29 is 34.2 Å². The lowest BCUT2D eigenvalue weighted by Crippen LogP contribution is -2.33. The molecule has 4 aromatic rings. The monoisotopic (exact) mass is 631 g/mol. The highest BCUT2D eigenvalue weighted by atomic mass is 16.4. The van der Waals surface area contributed by atoms with E-state index in [1.165, 1.54) is 54.7 Å². The number of rotatable bonds is 12. The predicted molar refractivity (Wildman–Crippen MR) is 181 cm³/mol. The molecule has 10 nitrogen and oxygen atoms in total. The van der Waals surface area contributed by atoms with Crippen LogP contribution in [0.15, 0.2) is 115 Å². The van der Waals surface area contributed by atoms with Gasteiger partial charge in [-0.1, -0.05) is 98.1 Å². The van der Waals surface area contributed by atoms with Crippen molar-refractivity contribution in [3.05, 3.63) is 155 Å². The Balaban J connectivity index is 0.000000257. The average molecular weight is 632 g/mol. The zero-order chi connectivity index (χ0) is 34.3. The highest BCUT2D eigenvalue weighted by molar-refractivity contribution is 6.13. The molecule has 10 heteroatoms. The number of hydrogen-bond donors (Lipinski definition) is 3. The molecule has 0 aromatic heterocycles. The molecule has 0 saturated carbocycles. The summed E-state index contributed by atoms with van der Waals surface area (Å²) in [5.41, 5.74) is 4.59. The molecule has 0 bridgehead atoms. The minimum Gasteiger partial charge on any atom is -0.478 e.